The van der Waals surface area contributed by atoms with Gasteiger partial charge in [-0.3, -0.25) is 9.59 Å². The van der Waals surface area contributed by atoms with Gasteiger partial charge in [-0.05, 0) is 110 Å². The molecule has 3 aromatic heterocycles. The van der Waals surface area contributed by atoms with Gasteiger partial charge in [-0.2, -0.15) is 0 Å². The second-order valence-electron chi connectivity index (χ2n) is 9.98. The van der Waals surface area contributed by atoms with Gasteiger partial charge in [0.1, 0.15) is 0 Å². The zero-order valence-corrected chi connectivity index (χ0v) is 23.4. The Hall–Kier alpha value is -3.94. The van der Waals surface area contributed by atoms with E-state index in [4.69, 9.17) is 9.97 Å². The maximum absolute atomic E-state index is 11.4. The third-order valence-electron chi connectivity index (χ3n) is 7.25. The molecule has 9 heteroatoms. The van der Waals surface area contributed by atoms with Crippen molar-refractivity contribution in [2.45, 2.75) is 53.4 Å². The molecule has 2 aliphatic heterocycles. The molecular formula is C30H30FeN4O4. The van der Waals surface area contributed by atoms with Crippen LogP contribution >= 0.6 is 0 Å². The number of aliphatic carboxylic acids is 2. The van der Waals surface area contributed by atoms with Crippen molar-refractivity contribution in [3.8, 4) is 0 Å². The molecule has 0 saturated heterocycles. The molecule has 0 radical (unpaired) electrons. The molecule has 3 aromatic rings. The molecule has 4 N–H and O–H groups in total. The monoisotopic (exact) mass is 566 g/mol. The summed E-state index contributed by atoms with van der Waals surface area (Å²) < 4.78 is 0. The van der Waals surface area contributed by atoms with Gasteiger partial charge >= 0.3 is 11.9 Å². The number of nitrogens with one attached hydrogen (secondary N) is 2. The van der Waals surface area contributed by atoms with Crippen molar-refractivity contribution in [1.82, 2.24) is 19.9 Å². The second kappa shape index (κ2) is 11.0. The number of fused-ring (bicyclic) bond motifs is 8. The van der Waals surface area contributed by atoms with Gasteiger partial charge in [0.15, 0.2) is 0 Å². The quantitative estimate of drug-likeness (QED) is 0.251. The number of nitrogens with zero attached hydrogens (tertiary/aromatic N) is 2. The van der Waals surface area contributed by atoms with Crippen molar-refractivity contribution in [3.05, 3.63) is 70.3 Å². The number of carboxylic acids is 2. The molecule has 5 rings (SSSR count). The van der Waals surface area contributed by atoms with Gasteiger partial charge in [0.2, 0.25) is 0 Å². The third kappa shape index (κ3) is 5.75. The Morgan fingerprint density at radius 1 is 0.641 bits per heavy atom. The first-order valence-electron chi connectivity index (χ1n) is 12.6. The molecule has 0 aromatic carbocycles. The maximum Gasteiger partial charge on any atom is 0.303 e. The van der Waals surface area contributed by atoms with Gasteiger partial charge in [0.05, 0.1) is 22.8 Å². The summed E-state index contributed by atoms with van der Waals surface area (Å²) >= 11 is 0. The van der Waals surface area contributed by atoms with Crippen molar-refractivity contribution >= 4 is 56.3 Å². The average Bonchev–Trinajstić information content (AvgIpc) is 3.53. The molecule has 202 valence electrons. The van der Waals surface area contributed by atoms with Crippen LogP contribution in [0.3, 0.4) is 0 Å². The molecule has 0 fully saturated rings. The minimum atomic E-state index is -0.873. The number of hydrogen-bond donors (Lipinski definition) is 4. The number of aromatic amines is 2. The van der Waals surface area contributed by atoms with Crippen molar-refractivity contribution in [3.63, 3.8) is 0 Å². The fourth-order valence-corrected chi connectivity index (χ4v) is 5.10. The van der Waals surface area contributed by atoms with E-state index in [2.05, 4.69) is 35.1 Å². The zero-order chi connectivity index (χ0) is 27.1. The Morgan fingerprint density at radius 2 is 1.08 bits per heavy atom. The van der Waals surface area contributed by atoms with Crippen molar-refractivity contribution in [1.29, 1.82) is 0 Å². The third-order valence-corrected chi connectivity index (χ3v) is 7.25. The van der Waals surface area contributed by atoms with E-state index in [0.717, 1.165) is 66.9 Å². The number of H-pyrrole nitrogens is 2. The first-order valence-corrected chi connectivity index (χ1v) is 12.6. The SMILES string of the molecule is CC1=C(CCC(=O)O)c2cc3nc(cc4[nH]c(cc4C)cc4[nH]c(cc1n2)cc4C)C(C)=C3CCC(=O)O.[Fe]. The Morgan fingerprint density at radius 3 is 1.56 bits per heavy atom. The largest absolute Gasteiger partial charge is 0.481 e. The van der Waals surface area contributed by atoms with E-state index in [1.165, 1.54) is 0 Å². The van der Waals surface area contributed by atoms with E-state index in [1.54, 1.807) is 0 Å². The van der Waals surface area contributed by atoms with Crippen LogP contribution in [0.1, 0.15) is 73.4 Å². The number of allylic oxidation sites excluding steroid dienone is 4. The summed E-state index contributed by atoms with van der Waals surface area (Å²) in [6.07, 6.45) is 0.647. The topological polar surface area (TPSA) is 132 Å². The van der Waals surface area contributed by atoms with Crippen molar-refractivity contribution in [2.24, 2.45) is 0 Å². The number of carbonyl (C=O) groups is 2. The predicted molar refractivity (Wildman–Crippen MR) is 149 cm³/mol. The van der Waals surface area contributed by atoms with Crippen LogP contribution < -0.4 is 0 Å². The Bertz CT molecular complexity index is 1730. The van der Waals surface area contributed by atoms with Crippen LogP contribution in [0.2, 0.25) is 0 Å². The molecule has 0 unspecified atom stereocenters. The van der Waals surface area contributed by atoms with Gasteiger partial charge in [-0.15, -0.1) is 0 Å². The summed E-state index contributed by atoms with van der Waals surface area (Å²) in [5, 5.41) is 18.7. The summed E-state index contributed by atoms with van der Waals surface area (Å²) in [7, 11) is 0. The first-order chi connectivity index (χ1) is 18.1. The van der Waals surface area contributed by atoms with Gasteiger partial charge in [-0.1, -0.05) is 0 Å². The minimum absolute atomic E-state index is 0. The number of aryl methyl sites for hydroxylation is 2. The molecule has 2 aliphatic rings. The molecule has 8 nitrogen and oxygen atoms in total. The van der Waals surface area contributed by atoms with Crippen LogP contribution in [-0.4, -0.2) is 42.1 Å². The summed E-state index contributed by atoms with van der Waals surface area (Å²) in [5.41, 5.74) is 12.4. The molecule has 5 heterocycles. The average molecular weight is 566 g/mol. The van der Waals surface area contributed by atoms with Crippen LogP contribution in [0.5, 0.6) is 0 Å². The standard InChI is InChI=1S/C30H30N4O4.Fe/c1-15-9-20-12-25-17(3)21(5-7-29(35)36)27(33-25)14-28-22(6-8-30(37)38)18(4)26(34-28)13-24-16(2)10-19(32-24)11-23(15)31-20;/h9-14,31-32H,5-8H2,1-4H3,(H,35,36)(H,37,38);. The Balaban J connectivity index is 0.00000353. The van der Waals surface area contributed by atoms with Crippen molar-refractivity contribution < 1.29 is 36.9 Å². The molecule has 0 spiro atoms. The number of rotatable bonds is 6. The normalized spacial score (nSPS) is 13.0. The molecule has 0 atom stereocenters. The van der Waals surface area contributed by atoms with Crippen molar-refractivity contribution in [2.75, 3.05) is 0 Å². The second-order valence-corrected chi connectivity index (χ2v) is 9.98. The minimum Gasteiger partial charge on any atom is -0.481 e. The van der Waals surface area contributed by atoms with Gasteiger partial charge in [-0.25, -0.2) is 9.97 Å². The first kappa shape index (κ1) is 28.1. The summed E-state index contributed by atoms with van der Waals surface area (Å²) in [6.45, 7) is 8.01. The molecule has 0 saturated carbocycles. The van der Waals surface area contributed by atoms with Gasteiger partial charge < -0.3 is 20.2 Å². The number of carboxylic acid groups (broad SMARTS) is 2. The predicted octanol–water partition coefficient (Wildman–Crippen LogP) is 6.52. The maximum atomic E-state index is 11.4. The molecule has 39 heavy (non-hydrogen) atoms. The number of aromatic nitrogens is 4. The summed E-state index contributed by atoms with van der Waals surface area (Å²) in [4.78, 5) is 39.6. The molecule has 8 bridgehead atoms. The molecular weight excluding hydrogens is 536 g/mol. The van der Waals surface area contributed by atoms with Crippen LogP contribution in [0.4, 0.5) is 0 Å². The van der Waals surface area contributed by atoms with E-state index in [-0.39, 0.29) is 29.9 Å². The fourth-order valence-electron chi connectivity index (χ4n) is 5.10. The number of hydrogen-bond acceptors (Lipinski definition) is 4. The van der Waals surface area contributed by atoms with Crippen LogP contribution in [0.15, 0.2) is 36.4 Å². The van der Waals surface area contributed by atoms with E-state index >= 15 is 0 Å². The Kier molecular flexibility index (Phi) is 7.95. The van der Waals surface area contributed by atoms with E-state index in [9.17, 15) is 19.8 Å². The van der Waals surface area contributed by atoms with Gasteiger partial charge in [0.25, 0.3) is 0 Å². The summed E-state index contributed by atoms with van der Waals surface area (Å²) in [6, 6.07) is 12.1. The zero-order valence-electron chi connectivity index (χ0n) is 22.3. The van der Waals surface area contributed by atoms with E-state index < -0.39 is 11.9 Å². The molecule has 0 aliphatic carbocycles. The Labute approximate surface area is 236 Å². The summed E-state index contributed by atoms with van der Waals surface area (Å²) in [5.74, 6) is -1.75. The van der Waals surface area contributed by atoms with Crippen LogP contribution in [0.25, 0.3) is 44.4 Å². The van der Waals surface area contributed by atoms with E-state index in [1.807, 2.05) is 39.0 Å². The fraction of sp³-hybridized carbons (Fsp3) is 0.267. The van der Waals surface area contributed by atoms with E-state index in [0.29, 0.717) is 24.2 Å². The van der Waals surface area contributed by atoms with Crippen LogP contribution in [0, 0.1) is 13.8 Å². The molecule has 0 amide bonds. The smallest absolute Gasteiger partial charge is 0.303 e. The van der Waals surface area contributed by atoms with Gasteiger partial charge in [0, 0.05) is 52.0 Å². The van der Waals surface area contributed by atoms with Crippen LogP contribution in [-0.2, 0) is 26.7 Å².